The van der Waals surface area contributed by atoms with Gasteiger partial charge in [0.2, 0.25) is 0 Å². The minimum absolute atomic E-state index is 0.00422. The van der Waals surface area contributed by atoms with Gasteiger partial charge in [-0.1, -0.05) is 58.4 Å². The summed E-state index contributed by atoms with van der Waals surface area (Å²) < 4.78 is 28.9. The van der Waals surface area contributed by atoms with Crippen molar-refractivity contribution < 1.29 is 8.78 Å². The van der Waals surface area contributed by atoms with Gasteiger partial charge in [-0.2, -0.15) is 8.78 Å². The maximum Gasteiger partial charge on any atom is 0.299 e. The third-order valence-electron chi connectivity index (χ3n) is 2.60. The van der Waals surface area contributed by atoms with Crippen LogP contribution in [0.2, 0.25) is 0 Å². The van der Waals surface area contributed by atoms with Gasteiger partial charge in [-0.3, -0.25) is 0 Å². The molecule has 0 aliphatic carbocycles. The molecule has 0 heterocycles. The highest BCUT2D eigenvalue weighted by Gasteiger charge is 2.35. The number of hydrogen-bond donors (Lipinski definition) is 0. The van der Waals surface area contributed by atoms with E-state index in [-0.39, 0.29) is 11.1 Å². The SMILES string of the molecule is Cc1ccc(C(F)(F)c2ccccc2)c(Br)c1. The van der Waals surface area contributed by atoms with Crippen LogP contribution in [-0.2, 0) is 5.92 Å². The fourth-order valence-electron chi connectivity index (χ4n) is 1.68. The Balaban J connectivity index is 2.52. The van der Waals surface area contributed by atoms with Crippen LogP contribution in [0, 0.1) is 6.92 Å². The first-order valence-corrected chi connectivity index (χ1v) is 6.01. The van der Waals surface area contributed by atoms with E-state index in [0.29, 0.717) is 4.47 Å². The average molecular weight is 297 g/mol. The molecule has 0 bridgehead atoms. The number of alkyl halides is 2. The summed E-state index contributed by atoms with van der Waals surface area (Å²) in [5, 5.41) is 0. The van der Waals surface area contributed by atoms with Gasteiger partial charge in [-0.15, -0.1) is 0 Å². The Labute approximate surface area is 107 Å². The first kappa shape index (κ1) is 12.2. The smallest absolute Gasteiger partial charge is 0.196 e. The molecule has 0 saturated carbocycles. The summed E-state index contributed by atoms with van der Waals surface area (Å²) in [5.74, 6) is -2.98. The molecule has 3 heteroatoms. The molecule has 2 aromatic rings. The van der Waals surface area contributed by atoms with E-state index < -0.39 is 5.92 Å². The molecule has 0 radical (unpaired) electrons. The van der Waals surface area contributed by atoms with Gasteiger partial charge >= 0.3 is 0 Å². The summed E-state index contributed by atoms with van der Waals surface area (Å²) in [5.41, 5.74) is 0.948. The molecule has 0 unspecified atom stereocenters. The third-order valence-corrected chi connectivity index (χ3v) is 3.26. The van der Waals surface area contributed by atoms with Gasteiger partial charge in [-0.05, 0) is 18.6 Å². The summed E-state index contributed by atoms with van der Waals surface area (Å²) in [6.45, 7) is 1.87. The number of aryl methyl sites for hydroxylation is 1. The predicted molar refractivity (Wildman–Crippen MR) is 68.3 cm³/mol. The van der Waals surface area contributed by atoms with E-state index in [1.165, 1.54) is 18.2 Å². The second-order valence-corrected chi connectivity index (χ2v) is 4.78. The molecule has 0 atom stereocenters. The second kappa shape index (κ2) is 4.57. The van der Waals surface area contributed by atoms with Gasteiger partial charge in [0, 0.05) is 15.6 Å². The van der Waals surface area contributed by atoms with Crippen LogP contribution in [0.15, 0.2) is 53.0 Å². The molecule has 0 amide bonds. The second-order valence-electron chi connectivity index (χ2n) is 3.92. The molecule has 0 aliphatic heterocycles. The van der Waals surface area contributed by atoms with Crippen LogP contribution < -0.4 is 0 Å². The molecule has 2 rings (SSSR count). The summed E-state index contributed by atoms with van der Waals surface area (Å²) in [4.78, 5) is 0. The lowest BCUT2D eigenvalue weighted by Gasteiger charge is -2.18. The number of rotatable bonds is 2. The molecular formula is C14H11BrF2. The average Bonchev–Trinajstić information content (AvgIpc) is 2.29. The predicted octanol–water partition coefficient (Wildman–Crippen LogP) is 4.90. The van der Waals surface area contributed by atoms with Crippen LogP contribution in [0.5, 0.6) is 0 Å². The van der Waals surface area contributed by atoms with E-state index in [1.807, 2.05) is 6.92 Å². The van der Waals surface area contributed by atoms with Gasteiger partial charge in [0.05, 0.1) is 0 Å². The minimum atomic E-state index is -2.98. The maximum absolute atomic E-state index is 14.3. The van der Waals surface area contributed by atoms with Gasteiger partial charge in [0.1, 0.15) is 0 Å². The van der Waals surface area contributed by atoms with Crippen molar-refractivity contribution in [1.82, 2.24) is 0 Å². The Morgan fingerprint density at radius 3 is 2.24 bits per heavy atom. The van der Waals surface area contributed by atoms with E-state index in [4.69, 9.17) is 0 Å². The molecule has 0 nitrogen and oxygen atoms in total. The van der Waals surface area contributed by atoms with E-state index in [0.717, 1.165) is 5.56 Å². The fraction of sp³-hybridized carbons (Fsp3) is 0.143. The van der Waals surface area contributed by atoms with Crippen molar-refractivity contribution in [2.24, 2.45) is 0 Å². The van der Waals surface area contributed by atoms with Gasteiger partial charge in [-0.25, -0.2) is 0 Å². The van der Waals surface area contributed by atoms with Crippen LogP contribution in [0.25, 0.3) is 0 Å². The summed E-state index contributed by atoms with van der Waals surface area (Å²) >= 11 is 3.20. The first-order chi connectivity index (χ1) is 8.01. The number of hydrogen-bond acceptors (Lipinski definition) is 0. The first-order valence-electron chi connectivity index (χ1n) is 5.22. The van der Waals surface area contributed by atoms with Crippen molar-refractivity contribution >= 4 is 15.9 Å². The topological polar surface area (TPSA) is 0 Å². The molecule has 0 spiro atoms. The van der Waals surface area contributed by atoms with Gasteiger partial charge in [0.25, 0.3) is 5.92 Å². The Hall–Kier alpha value is -1.22. The highest BCUT2D eigenvalue weighted by atomic mass is 79.9. The molecule has 2 aromatic carbocycles. The molecule has 0 aromatic heterocycles. The molecule has 0 fully saturated rings. The number of benzene rings is 2. The van der Waals surface area contributed by atoms with Crippen LogP contribution in [0.3, 0.4) is 0 Å². The lowest BCUT2D eigenvalue weighted by molar-refractivity contribution is 0.0420. The molecule has 88 valence electrons. The zero-order valence-corrected chi connectivity index (χ0v) is 10.8. The Bertz CT molecular complexity index is 521. The highest BCUT2D eigenvalue weighted by molar-refractivity contribution is 9.10. The third kappa shape index (κ3) is 2.39. The largest absolute Gasteiger partial charge is 0.299 e. The molecular weight excluding hydrogens is 286 g/mol. The normalized spacial score (nSPS) is 11.5. The lowest BCUT2D eigenvalue weighted by atomic mass is 9.99. The Kier molecular flexibility index (Phi) is 3.29. The molecule has 0 saturated heterocycles. The Morgan fingerprint density at radius 1 is 1.00 bits per heavy atom. The summed E-state index contributed by atoms with van der Waals surface area (Å²) in [6.07, 6.45) is 0. The summed E-state index contributed by atoms with van der Waals surface area (Å²) in [7, 11) is 0. The van der Waals surface area contributed by atoms with Crippen molar-refractivity contribution in [1.29, 1.82) is 0 Å². The quantitative estimate of drug-likeness (QED) is 0.739. The zero-order chi connectivity index (χ0) is 12.5. The van der Waals surface area contributed by atoms with Crippen LogP contribution in [-0.4, -0.2) is 0 Å². The van der Waals surface area contributed by atoms with E-state index >= 15 is 0 Å². The van der Waals surface area contributed by atoms with Gasteiger partial charge in [0.15, 0.2) is 0 Å². The van der Waals surface area contributed by atoms with Gasteiger partial charge < -0.3 is 0 Å². The maximum atomic E-state index is 14.3. The lowest BCUT2D eigenvalue weighted by Crippen LogP contribution is -2.15. The summed E-state index contributed by atoms with van der Waals surface area (Å²) in [6, 6.07) is 12.7. The molecule has 0 aliphatic rings. The molecule has 0 N–H and O–H groups in total. The molecule has 17 heavy (non-hydrogen) atoms. The van der Waals surface area contributed by atoms with Crippen molar-refractivity contribution in [2.75, 3.05) is 0 Å². The van der Waals surface area contributed by atoms with Crippen molar-refractivity contribution in [2.45, 2.75) is 12.8 Å². The van der Waals surface area contributed by atoms with Crippen molar-refractivity contribution in [3.05, 3.63) is 69.7 Å². The van der Waals surface area contributed by atoms with E-state index in [1.54, 1.807) is 30.3 Å². The van der Waals surface area contributed by atoms with Crippen LogP contribution in [0.1, 0.15) is 16.7 Å². The van der Waals surface area contributed by atoms with E-state index in [2.05, 4.69) is 15.9 Å². The minimum Gasteiger partial charge on any atom is -0.196 e. The van der Waals surface area contributed by atoms with Crippen molar-refractivity contribution in [3.8, 4) is 0 Å². The van der Waals surface area contributed by atoms with E-state index in [9.17, 15) is 8.78 Å². The van der Waals surface area contributed by atoms with Crippen LogP contribution >= 0.6 is 15.9 Å². The monoisotopic (exact) mass is 296 g/mol. The number of halogens is 3. The van der Waals surface area contributed by atoms with Crippen molar-refractivity contribution in [3.63, 3.8) is 0 Å². The zero-order valence-electron chi connectivity index (χ0n) is 9.25. The Morgan fingerprint density at radius 2 is 1.65 bits per heavy atom. The highest BCUT2D eigenvalue weighted by Crippen LogP contribution is 2.39. The van der Waals surface area contributed by atoms with Crippen LogP contribution in [0.4, 0.5) is 8.78 Å². The fourth-order valence-corrected chi connectivity index (χ4v) is 2.42. The standard InChI is InChI=1S/C14H11BrF2/c1-10-7-8-12(13(15)9-10)14(16,17)11-5-3-2-4-6-11/h2-9H,1H3.